The summed E-state index contributed by atoms with van der Waals surface area (Å²) in [5.74, 6) is 0.931. The number of aromatic nitrogens is 2. The maximum Gasteiger partial charge on any atom is 0.269 e. The SMILES string of the molecule is COc1ccc(-c2cc(-c3ccccc3)nc3sc(C(=O)Nc4ccc(C)cn4)c(N)c23)cc1. The lowest BCUT2D eigenvalue weighted by atomic mass is 9.99. The van der Waals surface area contributed by atoms with E-state index in [0.29, 0.717) is 21.2 Å². The van der Waals surface area contributed by atoms with E-state index in [0.717, 1.165) is 39.1 Å². The van der Waals surface area contributed by atoms with E-state index in [2.05, 4.69) is 10.3 Å². The number of nitrogens with zero attached hydrogens (tertiary/aromatic N) is 2. The lowest BCUT2D eigenvalue weighted by Crippen LogP contribution is -2.12. The Morgan fingerprint density at radius 2 is 1.76 bits per heavy atom. The van der Waals surface area contributed by atoms with Gasteiger partial charge in [-0.2, -0.15) is 0 Å². The second kappa shape index (κ2) is 8.96. The highest BCUT2D eigenvalue weighted by Crippen LogP contribution is 2.41. The molecule has 0 unspecified atom stereocenters. The largest absolute Gasteiger partial charge is 0.497 e. The van der Waals surface area contributed by atoms with Crippen LogP contribution in [0.2, 0.25) is 0 Å². The molecule has 3 N–H and O–H groups in total. The molecule has 6 nitrogen and oxygen atoms in total. The van der Waals surface area contributed by atoms with Crippen molar-refractivity contribution in [2.75, 3.05) is 18.2 Å². The second-order valence-corrected chi connectivity index (χ2v) is 8.85. The molecule has 7 heteroatoms. The summed E-state index contributed by atoms with van der Waals surface area (Å²) in [4.78, 5) is 23.4. The maximum atomic E-state index is 13.1. The lowest BCUT2D eigenvalue weighted by molar-refractivity contribution is 0.103. The Labute approximate surface area is 201 Å². The number of hydrogen-bond acceptors (Lipinski definition) is 6. The summed E-state index contributed by atoms with van der Waals surface area (Å²) in [6, 6.07) is 23.4. The zero-order chi connectivity index (χ0) is 23.7. The highest BCUT2D eigenvalue weighted by molar-refractivity contribution is 7.21. The van der Waals surface area contributed by atoms with Crippen molar-refractivity contribution in [3.8, 4) is 28.1 Å². The predicted octanol–water partition coefficient (Wildman–Crippen LogP) is 6.18. The molecule has 0 aliphatic carbocycles. The normalized spacial score (nSPS) is 10.9. The molecule has 1 amide bonds. The van der Waals surface area contributed by atoms with Crippen molar-refractivity contribution >= 4 is 39.0 Å². The van der Waals surface area contributed by atoms with Crippen LogP contribution in [0.25, 0.3) is 32.6 Å². The third-order valence-electron chi connectivity index (χ3n) is 5.53. The second-order valence-electron chi connectivity index (χ2n) is 7.85. The van der Waals surface area contributed by atoms with Gasteiger partial charge >= 0.3 is 0 Å². The van der Waals surface area contributed by atoms with Crippen LogP contribution in [0.5, 0.6) is 5.75 Å². The first-order valence-electron chi connectivity index (χ1n) is 10.7. The molecule has 0 atom stereocenters. The number of carbonyl (C=O) groups excluding carboxylic acids is 1. The van der Waals surface area contributed by atoms with E-state index in [4.69, 9.17) is 15.5 Å². The number of benzene rings is 2. The molecule has 3 aromatic heterocycles. The predicted molar refractivity (Wildman–Crippen MR) is 138 cm³/mol. The first-order valence-corrected chi connectivity index (χ1v) is 11.5. The van der Waals surface area contributed by atoms with E-state index in [9.17, 15) is 4.79 Å². The topological polar surface area (TPSA) is 90.1 Å². The summed E-state index contributed by atoms with van der Waals surface area (Å²) in [5.41, 5.74) is 11.7. The van der Waals surface area contributed by atoms with E-state index in [1.807, 2.05) is 73.7 Å². The van der Waals surface area contributed by atoms with Gasteiger partial charge in [0.2, 0.25) is 0 Å². The molecule has 0 aliphatic rings. The number of carbonyl (C=O) groups is 1. The van der Waals surface area contributed by atoms with Gasteiger partial charge in [-0.3, -0.25) is 4.79 Å². The molecule has 34 heavy (non-hydrogen) atoms. The van der Waals surface area contributed by atoms with Gasteiger partial charge in [0, 0.05) is 17.1 Å². The maximum absolute atomic E-state index is 13.1. The fraction of sp³-hybridized carbons (Fsp3) is 0.0741. The molecule has 0 bridgehead atoms. The average molecular weight is 467 g/mol. The zero-order valence-electron chi connectivity index (χ0n) is 18.7. The highest BCUT2D eigenvalue weighted by atomic mass is 32.1. The van der Waals surface area contributed by atoms with E-state index >= 15 is 0 Å². The van der Waals surface area contributed by atoms with Crippen LogP contribution < -0.4 is 15.8 Å². The van der Waals surface area contributed by atoms with Gasteiger partial charge in [-0.25, -0.2) is 9.97 Å². The van der Waals surface area contributed by atoms with Crippen molar-refractivity contribution in [3.63, 3.8) is 0 Å². The minimum atomic E-state index is -0.307. The molecule has 0 radical (unpaired) electrons. The van der Waals surface area contributed by atoms with Crippen molar-refractivity contribution in [1.29, 1.82) is 0 Å². The number of thiophene rings is 1. The van der Waals surface area contributed by atoms with Crippen LogP contribution in [0.15, 0.2) is 79.0 Å². The smallest absolute Gasteiger partial charge is 0.269 e. The number of fused-ring (bicyclic) bond motifs is 1. The van der Waals surface area contributed by atoms with Crippen LogP contribution in [-0.4, -0.2) is 23.0 Å². The number of pyridine rings is 2. The van der Waals surface area contributed by atoms with E-state index in [-0.39, 0.29) is 5.91 Å². The van der Waals surface area contributed by atoms with Crippen molar-refractivity contribution in [3.05, 3.63) is 89.4 Å². The fourth-order valence-electron chi connectivity index (χ4n) is 3.76. The van der Waals surface area contributed by atoms with Gasteiger partial charge in [0.25, 0.3) is 5.91 Å². The van der Waals surface area contributed by atoms with Crippen LogP contribution >= 0.6 is 11.3 Å². The molecule has 0 spiro atoms. The number of nitrogens with one attached hydrogen (secondary N) is 1. The summed E-state index contributed by atoms with van der Waals surface area (Å²) in [6.07, 6.45) is 1.71. The Kier molecular flexibility index (Phi) is 5.69. The molecule has 0 saturated carbocycles. The Balaban J connectivity index is 1.65. The lowest BCUT2D eigenvalue weighted by Gasteiger charge is -2.10. The van der Waals surface area contributed by atoms with Crippen LogP contribution in [0, 0.1) is 6.92 Å². The summed E-state index contributed by atoms with van der Waals surface area (Å²) in [5, 5.41) is 3.60. The van der Waals surface area contributed by atoms with Crippen LogP contribution in [0.4, 0.5) is 11.5 Å². The molecule has 0 aliphatic heterocycles. The highest BCUT2D eigenvalue weighted by Gasteiger charge is 2.22. The fourth-order valence-corrected chi connectivity index (χ4v) is 4.77. The summed E-state index contributed by atoms with van der Waals surface area (Å²) >= 11 is 1.28. The molecule has 0 fully saturated rings. The van der Waals surface area contributed by atoms with Crippen molar-refractivity contribution in [1.82, 2.24) is 9.97 Å². The number of rotatable bonds is 5. The summed E-state index contributed by atoms with van der Waals surface area (Å²) in [7, 11) is 1.64. The van der Waals surface area contributed by atoms with E-state index < -0.39 is 0 Å². The minimum Gasteiger partial charge on any atom is -0.497 e. The number of anilines is 2. The minimum absolute atomic E-state index is 0.307. The number of amides is 1. The molecule has 3 heterocycles. The number of nitrogen functional groups attached to an aromatic ring is 1. The third-order valence-corrected chi connectivity index (χ3v) is 6.63. The Hall–Kier alpha value is -4.23. The Morgan fingerprint density at radius 3 is 2.44 bits per heavy atom. The number of ether oxygens (including phenoxy) is 1. The zero-order valence-corrected chi connectivity index (χ0v) is 19.5. The van der Waals surface area contributed by atoms with Gasteiger partial charge in [-0.05, 0) is 47.9 Å². The van der Waals surface area contributed by atoms with Crippen molar-refractivity contribution in [2.24, 2.45) is 0 Å². The van der Waals surface area contributed by atoms with Crippen LogP contribution in [-0.2, 0) is 0 Å². The van der Waals surface area contributed by atoms with Crippen LogP contribution in [0.1, 0.15) is 15.2 Å². The van der Waals surface area contributed by atoms with Gasteiger partial charge in [0.1, 0.15) is 21.3 Å². The van der Waals surface area contributed by atoms with Gasteiger partial charge in [-0.1, -0.05) is 48.5 Å². The quantitative estimate of drug-likeness (QED) is 0.323. The number of hydrogen-bond donors (Lipinski definition) is 2. The first kappa shape index (κ1) is 21.6. The van der Waals surface area contributed by atoms with Gasteiger partial charge in [0.05, 0.1) is 18.5 Å². The van der Waals surface area contributed by atoms with Crippen molar-refractivity contribution in [2.45, 2.75) is 6.92 Å². The average Bonchev–Trinajstić information content (AvgIpc) is 3.22. The van der Waals surface area contributed by atoms with Crippen molar-refractivity contribution < 1.29 is 9.53 Å². The number of aryl methyl sites for hydroxylation is 1. The molecule has 5 aromatic rings. The third kappa shape index (κ3) is 4.09. The molecule has 5 rings (SSSR count). The molecular weight excluding hydrogens is 444 g/mol. The van der Waals surface area contributed by atoms with Gasteiger partial charge in [-0.15, -0.1) is 11.3 Å². The number of methoxy groups -OCH3 is 1. The first-order chi connectivity index (χ1) is 16.5. The Morgan fingerprint density at radius 1 is 1.00 bits per heavy atom. The molecular formula is C27H22N4O2S. The standard InChI is InChI=1S/C27H22N4O2S/c1-16-8-13-22(29-15-16)31-26(32)25-24(28)23-20(17-9-11-19(33-2)12-10-17)14-21(30-27(23)34-25)18-6-4-3-5-7-18/h3-15H,28H2,1-2H3,(H,29,31,32). The van der Waals surface area contributed by atoms with Gasteiger partial charge in [0.15, 0.2) is 0 Å². The number of nitrogens with two attached hydrogens (primary N) is 1. The van der Waals surface area contributed by atoms with E-state index in [1.54, 1.807) is 19.4 Å². The molecule has 0 saturated heterocycles. The van der Waals surface area contributed by atoms with Gasteiger partial charge < -0.3 is 15.8 Å². The van der Waals surface area contributed by atoms with Crippen LogP contribution in [0.3, 0.4) is 0 Å². The summed E-state index contributed by atoms with van der Waals surface area (Å²) in [6.45, 7) is 1.94. The molecule has 2 aromatic carbocycles. The van der Waals surface area contributed by atoms with E-state index in [1.165, 1.54) is 11.3 Å². The molecule has 168 valence electrons. The Bertz CT molecular complexity index is 1480. The monoisotopic (exact) mass is 466 g/mol. The summed E-state index contributed by atoms with van der Waals surface area (Å²) < 4.78 is 5.31.